The van der Waals surface area contributed by atoms with Crippen LogP contribution in [0.25, 0.3) is 0 Å². The highest BCUT2D eigenvalue weighted by Crippen LogP contribution is 2.67. The van der Waals surface area contributed by atoms with Crippen LogP contribution < -0.4 is 10.6 Å². The molecule has 3 saturated carbocycles. The molecule has 0 aromatic heterocycles. The number of aliphatic hydroxyl groups is 2. The topological polar surface area (TPSA) is 196 Å². The second-order valence-corrected chi connectivity index (χ2v) is 14.4. The van der Waals surface area contributed by atoms with Gasteiger partial charge in [-0.05, 0) is 80.6 Å². The van der Waals surface area contributed by atoms with Gasteiger partial charge >= 0.3 is 11.9 Å². The van der Waals surface area contributed by atoms with Crippen LogP contribution in [-0.4, -0.2) is 81.0 Å². The van der Waals surface area contributed by atoms with Gasteiger partial charge in [-0.1, -0.05) is 33.3 Å². The number of nitrogens with one attached hydrogen (secondary N) is 2. The van der Waals surface area contributed by atoms with Gasteiger partial charge in [-0.3, -0.25) is 28.8 Å². The van der Waals surface area contributed by atoms with Crippen LogP contribution in [0.1, 0.15) is 92.4 Å². The van der Waals surface area contributed by atoms with Crippen molar-refractivity contribution in [3.8, 4) is 0 Å². The largest absolute Gasteiger partial charge is 0.480 e. The summed E-state index contributed by atoms with van der Waals surface area (Å²) in [4.78, 5) is 74.1. The van der Waals surface area contributed by atoms with Gasteiger partial charge in [-0.15, -0.1) is 0 Å². The second-order valence-electron chi connectivity index (χ2n) is 14.4. The molecule has 12 nitrogen and oxygen atoms in total. The Morgan fingerprint density at radius 2 is 1.71 bits per heavy atom. The summed E-state index contributed by atoms with van der Waals surface area (Å²) in [5.74, 6) is -4.17. The van der Waals surface area contributed by atoms with E-state index in [4.69, 9.17) is 9.84 Å². The lowest BCUT2D eigenvalue weighted by Gasteiger charge is -2.60. The van der Waals surface area contributed by atoms with E-state index < -0.39 is 65.3 Å². The van der Waals surface area contributed by atoms with Gasteiger partial charge in [0.05, 0.1) is 12.5 Å². The molecule has 250 valence electrons. The highest BCUT2D eigenvalue weighted by Gasteiger charge is 2.68. The Bertz CT molecular complexity index is 1280. The average Bonchev–Trinajstić information content (AvgIpc) is 3.23. The number of carbonyl (C=O) groups is 6. The second kappa shape index (κ2) is 12.9. The Hall–Kier alpha value is -3.12. The highest BCUT2D eigenvalue weighted by molar-refractivity contribution is 5.93. The molecule has 0 saturated heterocycles. The predicted molar refractivity (Wildman–Crippen MR) is 160 cm³/mol. The van der Waals surface area contributed by atoms with Crippen LogP contribution in [0.5, 0.6) is 0 Å². The number of carboxylic acid groups (broad SMARTS) is 1. The molecular weight excluding hydrogens is 584 g/mol. The Balaban J connectivity index is 1.33. The van der Waals surface area contributed by atoms with Crippen molar-refractivity contribution in [1.82, 2.24) is 10.6 Å². The van der Waals surface area contributed by atoms with E-state index in [0.29, 0.717) is 19.3 Å². The van der Waals surface area contributed by atoms with Crippen molar-refractivity contribution in [3.05, 3.63) is 11.6 Å². The lowest BCUT2D eigenvalue weighted by atomic mass is 9.45. The summed E-state index contributed by atoms with van der Waals surface area (Å²) in [6.45, 7) is 7.99. The van der Waals surface area contributed by atoms with Crippen molar-refractivity contribution >= 4 is 35.3 Å². The lowest BCUT2D eigenvalue weighted by Crippen LogP contribution is -2.62. The molecule has 4 aliphatic rings. The van der Waals surface area contributed by atoms with Crippen molar-refractivity contribution < 1.29 is 48.8 Å². The lowest BCUT2D eigenvalue weighted by molar-refractivity contribution is -0.184. The standard InChI is InChI=1S/C33H48N2O10/c1-17(2)28(29(41)34-18(3)30(42)43)35-25(39)8-9-26(40)45-16-24(38)33(44)13-11-22-21-7-6-19-14-20(36)10-12-31(19,4)27(21)23(37)15-32(22,33)5/h14,17-18,21-23,27-28,37,44H,6-13,15-16H2,1-5H3,(H,34,41)(H,35,39)(H,42,43)/t18-,21-,22-,23-,27+,28+,31-,32-,33-/m0/s1. The molecule has 0 heterocycles. The third-order valence-electron chi connectivity index (χ3n) is 11.4. The zero-order chi connectivity index (χ0) is 33.5. The molecule has 4 rings (SSSR count). The summed E-state index contributed by atoms with van der Waals surface area (Å²) < 4.78 is 5.19. The van der Waals surface area contributed by atoms with E-state index >= 15 is 0 Å². The molecule has 0 aliphatic heterocycles. The van der Waals surface area contributed by atoms with Crippen LogP contribution in [0.2, 0.25) is 0 Å². The molecule has 5 N–H and O–H groups in total. The van der Waals surface area contributed by atoms with Crippen molar-refractivity contribution in [3.63, 3.8) is 0 Å². The first-order valence-electron chi connectivity index (χ1n) is 16.1. The zero-order valence-corrected chi connectivity index (χ0v) is 26.9. The third kappa shape index (κ3) is 6.45. The predicted octanol–water partition coefficient (Wildman–Crippen LogP) is 1.84. The van der Waals surface area contributed by atoms with Gasteiger partial charge in [0.2, 0.25) is 17.6 Å². The van der Waals surface area contributed by atoms with Crippen LogP contribution in [0.4, 0.5) is 0 Å². The minimum absolute atomic E-state index is 0.0140. The monoisotopic (exact) mass is 632 g/mol. The Kier molecular flexibility index (Phi) is 9.99. The summed E-state index contributed by atoms with van der Waals surface area (Å²) >= 11 is 0. The third-order valence-corrected chi connectivity index (χ3v) is 11.4. The molecule has 12 heteroatoms. The van der Waals surface area contributed by atoms with Crippen LogP contribution >= 0.6 is 0 Å². The van der Waals surface area contributed by atoms with Crippen molar-refractivity contribution in [2.45, 2.75) is 116 Å². The molecule has 0 aromatic carbocycles. The molecule has 0 bridgehead atoms. The van der Waals surface area contributed by atoms with Gasteiger partial charge in [-0.2, -0.15) is 0 Å². The van der Waals surface area contributed by atoms with Crippen molar-refractivity contribution in [2.75, 3.05) is 6.61 Å². The maximum absolute atomic E-state index is 13.5. The van der Waals surface area contributed by atoms with E-state index in [1.165, 1.54) is 6.92 Å². The fourth-order valence-electron chi connectivity index (χ4n) is 8.85. The van der Waals surface area contributed by atoms with Crippen LogP contribution in [0, 0.1) is 34.5 Å². The average molecular weight is 633 g/mol. The van der Waals surface area contributed by atoms with Gasteiger partial charge in [0, 0.05) is 18.3 Å². The Labute approximate surface area is 263 Å². The Morgan fingerprint density at radius 1 is 1.02 bits per heavy atom. The summed E-state index contributed by atoms with van der Waals surface area (Å²) in [5.41, 5.74) is -1.89. The van der Waals surface area contributed by atoms with E-state index in [1.807, 2.05) is 6.92 Å². The van der Waals surface area contributed by atoms with E-state index in [0.717, 1.165) is 18.4 Å². The minimum Gasteiger partial charge on any atom is -0.480 e. The number of aliphatic hydroxyl groups excluding tert-OH is 1. The number of Topliss-reactive ketones (excluding diaryl/α,β-unsaturated/α-hetero) is 1. The van der Waals surface area contributed by atoms with Crippen molar-refractivity contribution in [1.29, 1.82) is 0 Å². The van der Waals surface area contributed by atoms with E-state index in [2.05, 4.69) is 17.6 Å². The molecular formula is C33H48N2O10. The first kappa shape index (κ1) is 34.7. The zero-order valence-electron chi connectivity index (χ0n) is 26.9. The molecule has 4 aliphatic carbocycles. The minimum atomic E-state index is -1.79. The SMILES string of the molecule is CC(C)[C@@H](NC(=O)CCC(=O)OCC(=O)[C@@]1(O)CC[C@H]2[C@@H]3CCC4=CC(=O)CC[C@]4(C)[C@H]3[C@@H](O)C[C@@]21C)C(=O)N[C@@H](C)C(=O)O. The summed E-state index contributed by atoms with van der Waals surface area (Å²) in [6, 6.07) is -2.16. The number of allylic oxidation sites excluding steroid dienone is 1. The maximum atomic E-state index is 13.5. The molecule has 45 heavy (non-hydrogen) atoms. The molecule has 2 amide bonds. The number of esters is 1. The first-order valence-corrected chi connectivity index (χ1v) is 16.1. The maximum Gasteiger partial charge on any atom is 0.325 e. The molecule has 0 spiro atoms. The van der Waals surface area contributed by atoms with Crippen LogP contribution in [0.3, 0.4) is 0 Å². The number of hydrogen-bond donors (Lipinski definition) is 5. The van der Waals surface area contributed by atoms with Gasteiger partial charge in [-0.25, -0.2) is 0 Å². The Morgan fingerprint density at radius 3 is 2.36 bits per heavy atom. The number of aliphatic carboxylic acids is 1. The number of ketones is 2. The number of carboxylic acids is 1. The van der Waals surface area contributed by atoms with E-state index in [-0.39, 0.29) is 60.6 Å². The smallest absolute Gasteiger partial charge is 0.325 e. The number of carbonyl (C=O) groups excluding carboxylic acids is 5. The number of fused-ring (bicyclic) bond motifs is 5. The normalized spacial score (nSPS) is 35.2. The summed E-state index contributed by atoms with van der Waals surface area (Å²) in [7, 11) is 0. The number of amides is 2. The van der Waals surface area contributed by atoms with Crippen LogP contribution in [0.15, 0.2) is 11.6 Å². The number of ether oxygens (including phenoxy) is 1. The van der Waals surface area contributed by atoms with E-state index in [1.54, 1.807) is 19.9 Å². The number of rotatable bonds is 11. The summed E-state index contributed by atoms with van der Waals surface area (Å²) in [6.07, 6.45) is 3.99. The van der Waals surface area contributed by atoms with Gasteiger partial charge in [0.15, 0.2) is 12.4 Å². The van der Waals surface area contributed by atoms with Gasteiger partial charge < -0.3 is 30.7 Å². The molecule has 0 aromatic rings. The van der Waals surface area contributed by atoms with E-state index in [9.17, 15) is 39.0 Å². The highest BCUT2D eigenvalue weighted by atomic mass is 16.5. The molecule has 9 atom stereocenters. The first-order chi connectivity index (χ1) is 20.9. The molecule has 3 fully saturated rings. The molecule has 0 unspecified atom stereocenters. The fraction of sp³-hybridized carbons (Fsp3) is 0.758. The van der Waals surface area contributed by atoms with Gasteiger partial charge in [0.25, 0.3) is 0 Å². The molecule has 0 radical (unpaired) electrons. The number of hydrogen-bond acceptors (Lipinski definition) is 9. The summed E-state index contributed by atoms with van der Waals surface area (Å²) in [5, 5.41) is 37.2. The van der Waals surface area contributed by atoms with Crippen molar-refractivity contribution in [2.24, 2.45) is 34.5 Å². The van der Waals surface area contributed by atoms with Gasteiger partial charge in [0.1, 0.15) is 17.7 Å². The fourth-order valence-corrected chi connectivity index (χ4v) is 8.85. The van der Waals surface area contributed by atoms with Crippen LogP contribution in [-0.2, 0) is 33.5 Å². The quantitative estimate of drug-likeness (QED) is 0.210.